The second kappa shape index (κ2) is 6.49. The lowest BCUT2D eigenvalue weighted by molar-refractivity contribution is 0.243. The fourth-order valence-electron chi connectivity index (χ4n) is 3.08. The van der Waals surface area contributed by atoms with Crippen molar-refractivity contribution >= 4 is 26.6 Å². The molecule has 3 aromatic rings. The van der Waals surface area contributed by atoms with Crippen LogP contribution in [0.25, 0.3) is 22.3 Å². The summed E-state index contributed by atoms with van der Waals surface area (Å²) in [5.74, 6) is 1.47. The Morgan fingerprint density at radius 3 is 2.70 bits per heavy atom. The third-order valence-electron chi connectivity index (χ3n) is 4.58. The number of ether oxygens (including phenoxy) is 1. The Kier molecular flexibility index (Phi) is 4.26. The highest BCUT2D eigenvalue weighted by Crippen LogP contribution is 2.31. The minimum atomic E-state index is -3.02. The Balaban J connectivity index is 1.64. The van der Waals surface area contributed by atoms with Gasteiger partial charge < -0.3 is 9.64 Å². The van der Waals surface area contributed by atoms with Gasteiger partial charge in [-0.05, 0) is 32.0 Å². The molecule has 0 unspecified atom stereocenters. The summed E-state index contributed by atoms with van der Waals surface area (Å²) in [5.41, 5.74) is 2.28. The number of hydrogen-bond donors (Lipinski definition) is 1. The lowest BCUT2D eigenvalue weighted by Crippen LogP contribution is -2.54. The van der Waals surface area contributed by atoms with E-state index in [1.807, 2.05) is 43.0 Å². The molecule has 1 aliphatic rings. The summed E-state index contributed by atoms with van der Waals surface area (Å²) in [4.78, 5) is 10.6. The maximum absolute atomic E-state index is 11.6. The van der Waals surface area contributed by atoms with Crippen LogP contribution in [-0.2, 0) is 9.84 Å². The van der Waals surface area contributed by atoms with E-state index < -0.39 is 9.84 Å². The van der Waals surface area contributed by atoms with E-state index in [0.29, 0.717) is 30.3 Å². The number of hydrogen-bond acceptors (Lipinski definition) is 7. The average Bonchev–Trinajstić information content (AvgIpc) is 2.95. The number of nitrogens with zero attached hydrogens (tertiary/aromatic N) is 4. The molecule has 1 aliphatic heterocycles. The van der Waals surface area contributed by atoms with E-state index in [2.05, 4.69) is 20.2 Å². The lowest BCUT2D eigenvalue weighted by Gasteiger charge is -2.38. The second-order valence-electron chi connectivity index (χ2n) is 7.06. The van der Waals surface area contributed by atoms with Gasteiger partial charge in [0.25, 0.3) is 0 Å². The van der Waals surface area contributed by atoms with Crippen molar-refractivity contribution in [2.45, 2.75) is 25.2 Å². The molecular formula is C18H21N5O3S. The van der Waals surface area contributed by atoms with Crippen molar-refractivity contribution in [3.8, 4) is 17.1 Å². The van der Waals surface area contributed by atoms with Crippen LogP contribution in [0.5, 0.6) is 5.75 Å². The molecule has 1 aromatic carbocycles. The molecule has 9 heteroatoms. The number of nitrogens with one attached hydrogen (secondary N) is 1. The summed E-state index contributed by atoms with van der Waals surface area (Å²) in [6.07, 6.45) is 2.83. The van der Waals surface area contributed by atoms with Gasteiger partial charge in [0.15, 0.2) is 9.84 Å². The molecule has 3 heterocycles. The summed E-state index contributed by atoms with van der Waals surface area (Å²) < 4.78 is 29.0. The Hall–Kier alpha value is -2.68. The van der Waals surface area contributed by atoms with E-state index in [4.69, 9.17) is 4.74 Å². The van der Waals surface area contributed by atoms with E-state index in [1.54, 1.807) is 0 Å². The first-order chi connectivity index (χ1) is 12.8. The zero-order valence-electron chi connectivity index (χ0n) is 15.4. The molecule has 1 fully saturated rings. The van der Waals surface area contributed by atoms with Crippen LogP contribution in [0.15, 0.2) is 30.6 Å². The number of H-pyrrole nitrogens is 1. The Morgan fingerprint density at radius 2 is 2.00 bits per heavy atom. The molecule has 1 N–H and O–H groups in total. The summed E-state index contributed by atoms with van der Waals surface area (Å²) in [6.45, 7) is 4.86. The maximum Gasteiger partial charge on any atom is 0.153 e. The third kappa shape index (κ3) is 3.46. The van der Waals surface area contributed by atoms with E-state index in [-0.39, 0.29) is 11.4 Å². The van der Waals surface area contributed by atoms with Crippen molar-refractivity contribution < 1.29 is 13.2 Å². The van der Waals surface area contributed by atoms with Gasteiger partial charge in [-0.2, -0.15) is 5.10 Å². The van der Waals surface area contributed by atoms with Gasteiger partial charge >= 0.3 is 0 Å². The monoisotopic (exact) mass is 387 g/mol. The number of benzene rings is 1. The van der Waals surface area contributed by atoms with Gasteiger partial charge in [0.05, 0.1) is 22.6 Å². The number of sulfone groups is 1. The molecule has 0 aliphatic carbocycles. The van der Waals surface area contributed by atoms with Crippen molar-refractivity contribution in [1.82, 2.24) is 20.2 Å². The second-order valence-corrected chi connectivity index (χ2v) is 9.39. The van der Waals surface area contributed by atoms with Crippen molar-refractivity contribution in [3.63, 3.8) is 0 Å². The maximum atomic E-state index is 11.6. The van der Waals surface area contributed by atoms with Gasteiger partial charge in [0.1, 0.15) is 23.6 Å². The minimum Gasteiger partial charge on any atom is -0.491 e. The van der Waals surface area contributed by atoms with Crippen molar-refractivity contribution in [2.75, 3.05) is 24.2 Å². The van der Waals surface area contributed by atoms with E-state index in [0.717, 1.165) is 16.7 Å². The van der Waals surface area contributed by atoms with Crippen LogP contribution in [-0.4, -0.2) is 59.3 Å². The molecule has 0 radical (unpaired) electrons. The van der Waals surface area contributed by atoms with E-state index in [1.165, 1.54) is 12.6 Å². The number of aromatic amines is 1. The van der Waals surface area contributed by atoms with Gasteiger partial charge in [0.2, 0.25) is 0 Å². The molecule has 0 bridgehead atoms. The van der Waals surface area contributed by atoms with Crippen LogP contribution in [0.1, 0.15) is 13.8 Å². The summed E-state index contributed by atoms with van der Waals surface area (Å²) >= 11 is 0. The van der Waals surface area contributed by atoms with Crippen molar-refractivity contribution in [2.24, 2.45) is 0 Å². The average molecular weight is 387 g/mol. The molecule has 0 spiro atoms. The molecule has 142 valence electrons. The van der Waals surface area contributed by atoms with Crippen LogP contribution in [0, 0.1) is 0 Å². The van der Waals surface area contributed by atoms with Crippen LogP contribution in [0.3, 0.4) is 0 Å². The van der Waals surface area contributed by atoms with Crippen molar-refractivity contribution in [1.29, 1.82) is 0 Å². The number of anilines is 1. The Morgan fingerprint density at radius 1 is 1.22 bits per heavy atom. The highest BCUT2D eigenvalue weighted by Gasteiger charge is 2.35. The number of fused-ring (bicyclic) bond motifs is 1. The first kappa shape index (κ1) is 17.7. The van der Waals surface area contributed by atoms with Gasteiger partial charge in [-0.25, -0.2) is 18.4 Å². The fraction of sp³-hybridized carbons (Fsp3) is 0.389. The first-order valence-corrected chi connectivity index (χ1v) is 10.7. The predicted octanol–water partition coefficient (Wildman–Crippen LogP) is 2.04. The van der Waals surface area contributed by atoms with E-state index >= 15 is 0 Å². The molecular weight excluding hydrogens is 366 g/mol. The zero-order valence-corrected chi connectivity index (χ0v) is 16.2. The van der Waals surface area contributed by atoms with Crippen LogP contribution in [0.2, 0.25) is 0 Å². The largest absolute Gasteiger partial charge is 0.491 e. The quantitative estimate of drug-likeness (QED) is 0.715. The number of aromatic nitrogens is 4. The molecule has 0 atom stereocenters. The Labute approximate surface area is 157 Å². The molecule has 8 nitrogen and oxygen atoms in total. The highest BCUT2D eigenvalue weighted by atomic mass is 32.2. The van der Waals surface area contributed by atoms with Gasteiger partial charge in [-0.15, -0.1) is 0 Å². The third-order valence-corrected chi connectivity index (χ3v) is 6.09. The zero-order chi connectivity index (χ0) is 19.2. The predicted molar refractivity (Wildman–Crippen MR) is 104 cm³/mol. The SMILES string of the molecule is CC(C)Oc1ccc2[nH]nc(-c3cc(N4CC(S(C)(=O)=O)C4)ncn3)c2c1. The van der Waals surface area contributed by atoms with Gasteiger partial charge in [-0.1, -0.05) is 0 Å². The van der Waals surface area contributed by atoms with E-state index in [9.17, 15) is 8.42 Å². The molecule has 27 heavy (non-hydrogen) atoms. The van der Waals surface area contributed by atoms with Crippen LogP contribution >= 0.6 is 0 Å². The summed E-state index contributed by atoms with van der Waals surface area (Å²) in [7, 11) is -3.02. The topological polar surface area (TPSA) is 101 Å². The van der Waals surface area contributed by atoms with Crippen LogP contribution in [0.4, 0.5) is 5.82 Å². The molecule has 2 aromatic heterocycles. The molecule has 0 saturated carbocycles. The molecule has 0 amide bonds. The summed E-state index contributed by atoms with van der Waals surface area (Å²) in [5, 5.41) is 7.99. The van der Waals surface area contributed by atoms with Crippen LogP contribution < -0.4 is 9.64 Å². The fourth-order valence-corrected chi connectivity index (χ4v) is 3.98. The summed E-state index contributed by atoms with van der Waals surface area (Å²) in [6, 6.07) is 7.61. The lowest BCUT2D eigenvalue weighted by atomic mass is 10.1. The molecule has 4 rings (SSSR count). The highest BCUT2D eigenvalue weighted by molar-refractivity contribution is 7.91. The van der Waals surface area contributed by atoms with Crippen molar-refractivity contribution in [3.05, 3.63) is 30.6 Å². The minimum absolute atomic E-state index is 0.0812. The smallest absolute Gasteiger partial charge is 0.153 e. The van der Waals surface area contributed by atoms with Gasteiger partial charge in [-0.3, -0.25) is 5.10 Å². The first-order valence-electron chi connectivity index (χ1n) is 8.72. The van der Waals surface area contributed by atoms with Gasteiger partial charge in [0, 0.05) is 30.8 Å². The Bertz CT molecular complexity index is 1090. The molecule has 1 saturated heterocycles. The number of rotatable bonds is 5. The standard InChI is InChI=1S/C18H21N5O3S/c1-11(2)26-12-4-5-15-14(6-12)18(22-21-15)16-7-17(20-10-19-16)23-8-13(9-23)27(3,24)25/h4-7,10-11,13H,8-9H2,1-3H3,(H,21,22). The normalized spacial score (nSPS) is 15.3.